The van der Waals surface area contributed by atoms with Gasteiger partial charge in [0.2, 0.25) is 0 Å². The fourth-order valence-corrected chi connectivity index (χ4v) is 1.05. The van der Waals surface area contributed by atoms with Crippen LogP contribution in [-0.2, 0) is 4.79 Å². The molecule has 2 N–H and O–H groups in total. The summed E-state index contributed by atoms with van der Waals surface area (Å²) >= 11 is 0. The Balaban J connectivity index is 3.73. The molecule has 0 saturated heterocycles. The van der Waals surface area contributed by atoms with Crippen LogP contribution in [0.1, 0.15) is 47.0 Å². The lowest BCUT2D eigenvalue weighted by Crippen LogP contribution is -2.39. The first-order valence-electron chi connectivity index (χ1n) is 5.77. The zero-order chi connectivity index (χ0) is 11.7. The molecule has 1 amide bonds. The lowest BCUT2D eigenvalue weighted by molar-refractivity contribution is -0.118. The van der Waals surface area contributed by atoms with Gasteiger partial charge in [-0.1, -0.05) is 39.7 Å². The number of nitrogens with one attached hydrogen (secondary N) is 2. The summed E-state index contributed by atoms with van der Waals surface area (Å²) < 4.78 is 0. The molecular weight excluding hydrogens is 188 g/mol. The Morgan fingerprint density at radius 3 is 2.60 bits per heavy atom. The molecule has 0 fully saturated rings. The van der Waals surface area contributed by atoms with E-state index >= 15 is 0 Å². The molecule has 0 aromatic rings. The quantitative estimate of drug-likeness (QED) is 0.386. The van der Waals surface area contributed by atoms with E-state index in [9.17, 15) is 4.79 Å². The van der Waals surface area contributed by atoms with E-state index in [0.29, 0.717) is 5.92 Å². The van der Waals surface area contributed by atoms with Gasteiger partial charge in [-0.2, -0.15) is 0 Å². The smallest absolute Gasteiger partial charge is 0.260 e. The number of hydrogen-bond donors (Lipinski definition) is 2. The van der Waals surface area contributed by atoms with Crippen LogP contribution in [0.5, 0.6) is 0 Å². The summed E-state index contributed by atoms with van der Waals surface area (Å²) in [4.78, 5) is 11.5. The zero-order valence-corrected chi connectivity index (χ0v) is 10.4. The summed E-state index contributed by atoms with van der Waals surface area (Å²) in [6.45, 7) is 9.00. The Bertz CT molecular complexity index is 210. The summed E-state index contributed by atoms with van der Waals surface area (Å²) in [6.07, 6.45) is 5.29. The van der Waals surface area contributed by atoms with Crippen molar-refractivity contribution < 1.29 is 4.79 Å². The number of carbonyl (C=O) groups excluding carboxylic acids is 1. The predicted octanol–water partition coefficient (Wildman–Crippen LogP) is 2.40. The third-order valence-electron chi connectivity index (χ3n) is 2.08. The second kappa shape index (κ2) is 8.48. The highest BCUT2D eigenvalue weighted by molar-refractivity contribution is 5.92. The van der Waals surface area contributed by atoms with Gasteiger partial charge in [-0.3, -0.25) is 10.2 Å². The molecule has 0 aromatic carbocycles. The Morgan fingerprint density at radius 1 is 1.40 bits per heavy atom. The van der Waals surface area contributed by atoms with Gasteiger partial charge in [-0.05, 0) is 19.3 Å². The van der Waals surface area contributed by atoms with Crippen molar-refractivity contribution in [2.24, 2.45) is 5.92 Å². The summed E-state index contributed by atoms with van der Waals surface area (Å²) in [6, 6.07) is 0. The average Bonchev–Trinajstić information content (AvgIpc) is 2.17. The molecule has 0 bridgehead atoms. The van der Waals surface area contributed by atoms with Gasteiger partial charge in [0.15, 0.2) is 0 Å². The van der Waals surface area contributed by atoms with Crippen LogP contribution < -0.4 is 10.9 Å². The molecule has 15 heavy (non-hydrogen) atoms. The van der Waals surface area contributed by atoms with Crippen molar-refractivity contribution >= 4 is 5.91 Å². The van der Waals surface area contributed by atoms with Crippen LogP contribution in [0.2, 0.25) is 0 Å². The van der Waals surface area contributed by atoms with Crippen molar-refractivity contribution in [1.82, 2.24) is 10.9 Å². The highest BCUT2D eigenvalue weighted by Gasteiger charge is 2.02. The molecule has 0 spiro atoms. The van der Waals surface area contributed by atoms with Crippen molar-refractivity contribution in [1.29, 1.82) is 0 Å². The van der Waals surface area contributed by atoms with Crippen molar-refractivity contribution in [3.05, 3.63) is 11.6 Å². The van der Waals surface area contributed by atoms with Gasteiger partial charge in [-0.15, -0.1) is 0 Å². The molecule has 0 rings (SSSR count). The zero-order valence-electron chi connectivity index (χ0n) is 10.4. The van der Waals surface area contributed by atoms with E-state index in [0.717, 1.165) is 31.4 Å². The summed E-state index contributed by atoms with van der Waals surface area (Å²) in [5.41, 5.74) is 6.39. The molecule has 0 aliphatic rings. The van der Waals surface area contributed by atoms with Gasteiger partial charge in [0, 0.05) is 12.1 Å². The minimum absolute atomic E-state index is 0.0215. The van der Waals surface area contributed by atoms with Gasteiger partial charge in [-0.25, -0.2) is 5.43 Å². The van der Waals surface area contributed by atoms with Crippen LogP contribution >= 0.6 is 0 Å². The first kappa shape index (κ1) is 14.2. The van der Waals surface area contributed by atoms with E-state index in [1.807, 2.05) is 13.0 Å². The molecule has 0 aliphatic carbocycles. The molecule has 3 nitrogen and oxygen atoms in total. The number of allylic oxidation sites excluding steroid dienone is 1. The van der Waals surface area contributed by atoms with E-state index < -0.39 is 0 Å². The van der Waals surface area contributed by atoms with Crippen LogP contribution in [0.25, 0.3) is 0 Å². The summed E-state index contributed by atoms with van der Waals surface area (Å²) in [5.74, 6) is 0.515. The fraction of sp³-hybridized carbons (Fsp3) is 0.750. The Labute approximate surface area is 93.3 Å². The van der Waals surface area contributed by atoms with Gasteiger partial charge >= 0.3 is 0 Å². The average molecular weight is 212 g/mol. The maximum Gasteiger partial charge on any atom is 0.260 e. The molecule has 0 aliphatic heterocycles. The Kier molecular flexibility index (Phi) is 8.01. The topological polar surface area (TPSA) is 41.1 Å². The largest absolute Gasteiger partial charge is 0.288 e. The Morgan fingerprint density at radius 2 is 2.07 bits per heavy atom. The molecule has 0 heterocycles. The highest BCUT2D eigenvalue weighted by Crippen LogP contribution is 2.00. The van der Waals surface area contributed by atoms with Gasteiger partial charge in [0.25, 0.3) is 5.91 Å². The number of hydrogen-bond acceptors (Lipinski definition) is 2. The van der Waals surface area contributed by atoms with E-state index in [1.165, 1.54) is 0 Å². The fourth-order valence-electron chi connectivity index (χ4n) is 1.05. The van der Waals surface area contributed by atoms with Crippen molar-refractivity contribution in [3.8, 4) is 0 Å². The number of amides is 1. The van der Waals surface area contributed by atoms with Crippen LogP contribution in [0.15, 0.2) is 11.6 Å². The molecule has 0 unspecified atom stereocenters. The van der Waals surface area contributed by atoms with Crippen LogP contribution in [0, 0.1) is 5.92 Å². The maximum atomic E-state index is 11.5. The number of hydrazine groups is 1. The van der Waals surface area contributed by atoms with Gasteiger partial charge in [0.1, 0.15) is 0 Å². The predicted molar refractivity (Wildman–Crippen MR) is 64.3 cm³/mol. The minimum Gasteiger partial charge on any atom is -0.288 e. The van der Waals surface area contributed by atoms with Gasteiger partial charge < -0.3 is 0 Å². The molecule has 88 valence electrons. The summed E-state index contributed by atoms with van der Waals surface area (Å²) in [5, 5.41) is 0. The molecular formula is C12H24N2O. The second-order valence-corrected chi connectivity index (χ2v) is 4.26. The first-order valence-corrected chi connectivity index (χ1v) is 5.77. The van der Waals surface area contributed by atoms with Crippen LogP contribution in [-0.4, -0.2) is 12.5 Å². The number of carbonyl (C=O) groups is 1. The number of rotatable bonds is 7. The minimum atomic E-state index is -0.0215. The lowest BCUT2D eigenvalue weighted by Gasteiger charge is -2.09. The normalized spacial score (nSPS) is 11.9. The lowest BCUT2D eigenvalue weighted by atomic mass is 10.2. The SMILES string of the molecule is CCCCC=C(C)C(=O)NNCC(C)C. The van der Waals surface area contributed by atoms with E-state index in [2.05, 4.69) is 31.6 Å². The first-order chi connectivity index (χ1) is 7.07. The monoisotopic (exact) mass is 212 g/mol. The van der Waals surface area contributed by atoms with Crippen molar-refractivity contribution in [2.75, 3.05) is 6.54 Å². The molecule has 3 heteroatoms. The molecule has 0 radical (unpaired) electrons. The third kappa shape index (κ3) is 8.18. The van der Waals surface area contributed by atoms with E-state index in [-0.39, 0.29) is 5.91 Å². The Hall–Kier alpha value is -0.830. The van der Waals surface area contributed by atoms with E-state index in [4.69, 9.17) is 0 Å². The van der Waals surface area contributed by atoms with Crippen molar-refractivity contribution in [2.45, 2.75) is 47.0 Å². The standard InChI is InChI=1S/C12H24N2O/c1-5-6-7-8-11(4)12(15)14-13-9-10(2)3/h8,10,13H,5-7,9H2,1-4H3,(H,14,15). The molecule has 0 saturated carbocycles. The van der Waals surface area contributed by atoms with Crippen LogP contribution in [0.3, 0.4) is 0 Å². The highest BCUT2D eigenvalue weighted by atomic mass is 16.2. The molecule has 0 aromatic heterocycles. The second-order valence-electron chi connectivity index (χ2n) is 4.26. The summed E-state index contributed by atoms with van der Waals surface area (Å²) in [7, 11) is 0. The van der Waals surface area contributed by atoms with Crippen LogP contribution in [0.4, 0.5) is 0 Å². The van der Waals surface area contributed by atoms with E-state index in [1.54, 1.807) is 0 Å². The number of unbranched alkanes of at least 4 members (excludes halogenated alkanes) is 2. The maximum absolute atomic E-state index is 11.5. The third-order valence-corrected chi connectivity index (χ3v) is 2.08. The molecule has 0 atom stereocenters. The van der Waals surface area contributed by atoms with Crippen molar-refractivity contribution in [3.63, 3.8) is 0 Å². The van der Waals surface area contributed by atoms with Gasteiger partial charge in [0.05, 0.1) is 0 Å².